The lowest BCUT2D eigenvalue weighted by atomic mass is 10.3. The molecule has 1 rings (SSSR count). The van der Waals surface area contributed by atoms with Gasteiger partial charge in [0.05, 0.1) is 16.1 Å². The average Bonchev–Trinajstić information content (AvgIpc) is 2.29. The molecule has 1 aromatic carbocycles. The molecule has 100 valence electrons. The van der Waals surface area contributed by atoms with Gasteiger partial charge in [-0.1, -0.05) is 35.4 Å². The van der Waals surface area contributed by atoms with Crippen molar-refractivity contribution in [3.63, 3.8) is 0 Å². The Kier molecular flexibility index (Phi) is 4.97. The van der Waals surface area contributed by atoms with E-state index in [2.05, 4.69) is 0 Å². The van der Waals surface area contributed by atoms with E-state index in [9.17, 15) is 8.42 Å². The predicted octanol–water partition coefficient (Wildman–Crippen LogP) is 2.29. The summed E-state index contributed by atoms with van der Waals surface area (Å²) >= 11 is 16.4. The largest absolute Gasteiger partial charge is 0.392 e. The SMILES string of the molecule is CC(C(N)=S)N(C)S(=O)(=O)c1cc(Cl)ccc1Cl. The third-order valence-electron chi connectivity index (χ3n) is 2.51. The second-order valence-electron chi connectivity index (χ2n) is 3.67. The minimum Gasteiger partial charge on any atom is -0.392 e. The van der Waals surface area contributed by atoms with Gasteiger partial charge in [-0.3, -0.25) is 0 Å². The first kappa shape index (κ1) is 15.7. The highest BCUT2D eigenvalue weighted by Crippen LogP contribution is 2.27. The number of sulfonamides is 1. The molecule has 8 heteroatoms. The van der Waals surface area contributed by atoms with Crippen molar-refractivity contribution >= 4 is 50.4 Å². The topological polar surface area (TPSA) is 63.4 Å². The van der Waals surface area contributed by atoms with E-state index in [-0.39, 0.29) is 19.9 Å². The van der Waals surface area contributed by atoms with Gasteiger partial charge in [-0.2, -0.15) is 4.31 Å². The van der Waals surface area contributed by atoms with Crippen LogP contribution in [0.25, 0.3) is 0 Å². The highest BCUT2D eigenvalue weighted by atomic mass is 35.5. The summed E-state index contributed by atoms with van der Waals surface area (Å²) in [5, 5.41) is 0.385. The Labute approximate surface area is 122 Å². The van der Waals surface area contributed by atoms with Crippen molar-refractivity contribution in [1.82, 2.24) is 4.31 Å². The maximum absolute atomic E-state index is 12.3. The molecule has 0 aromatic heterocycles. The molecule has 0 aliphatic carbocycles. The molecule has 0 spiro atoms. The highest BCUT2D eigenvalue weighted by molar-refractivity contribution is 7.89. The number of benzene rings is 1. The number of hydrogen-bond acceptors (Lipinski definition) is 3. The lowest BCUT2D eigenvalue weighted by Gasteiger charge is -2.23. The number of thiocarbonyl (C=S) groups is 1. The van der Waals surface area contributed by atoms with Gasteiger partial charge in [-0.25, -0.2) is 8.42 Å². The molecule has 1 atom stereocenters. The number of rotatable bonds is 4. The minimum atomic E-state index is -3.79. The summed E-state index contributed by atoms with van der Waals surface area (Å²) < 4.78 is 25.7. The molecule has 0 bridgehead atoms. The van der Waals surface area contributed by atoms with Crippen LogP contribution in [0.4, 0.5) is 0 Å². The Morgan fingerprint density at radius 1 is 1.44 bits per heavy atom. The number of likely N-dealkylation sites (N-methyl/N-ethyl adjacent to an activating group) is 1. The van der Waals surface area contributed by atoms with Crippen LogP contribution in [0.1, 0.15) is 6.92 Å². The highest BCUT2D eigenvalue weighted by Gasteiger charge is 2.28. The van der Waals surface area contributed by atoms with Crippen LogP contribution in [0.5, 0.6) is 0 Å². The van der Waals surface area contributed by atoms with Crippen LogP contribution in [0.3, 0.4) is 0 Å². The first-order valence-corrected chi connectivity index (χ1v) is 7.50. The van der Waals surface area contributed by atoms with E-state index in [0.29, 0.717) is 0 Å². The summed E-state index contributed by atoms with van der Waals surface area (Å²) in [4.78, 5) is 0.0153. The number of hydrogen-bond donors (Lipinski definition) is 1. The molecule has 2 N–H and O–H groups in total. The van der Waals surface area contributed by atoms with Crippen LogP contribution < -0.4 is 5.73 Å². The molecule has 1 aromatic rings. The van der Waals surface area contributed by atoms with Crippen molar-refractivity contribution in [2.45, 2.75) is 17.9 Å². The molecule has 0 aliphatic rings. The Morgan fingerprint density at radius 3 is 2.50 bits per heavy atom. The van der Waals surface area contributed by atoms with Crippen LogP contribution in [-0.2, 0) is 10.0 Å². The number of nitrogens with two attached hydrogens (primary N) is 1. The Bertz CT molecular complexity index is 575. The smallest absolute Gasteiger partial charge is 0.244 e. The Morgan fingerprint density at radius 2 is 2.00 bits per heavy atom. The second-order valence-corrected chi connectivity index (χ2v) is 6.96. The Hall–Kier alpha value is -0.400. The minimum absolute atomic E-state index is 0.0673. The molecule has 0 saturated carbocycles. The van der Waals surface area contributed by atoms with Crippen molar-refractivity contribution in [2.24, 2.45) is 5.73 Å². The van der Waals surface area contributed by atoms with Gasteiger partial charge in [0.1, 0.15) is 4.90 Å². The number of nitrogens with zero attached hydrogens (tertiary/aromatic N) is 1. The molecular weight excluding hydrogens is 315 g/mol. The molecule has 1 unspecified atom stereocenters. The fourth-order valence-corrected chi connectivity index (χ4v) is 3.52. The quantitative estimate of drug-likeness (QED) is 0.862. The fraction of sp³-hybridized carbons (Fsp3) is 0.300. The van der Waals surface area contributed by atoms with Crippen LogP contribution in [-0.4, -0.2) is 30.8 Å². The van der Waals surface area contributed by atoms with Crippen LogP contribution in [0.15, 0.2) is 23.1 Å². The fourth-order valence-electron chi connectivity index (χ4n) is 1.22. The summed E-state index contributed by atoms with van der Waals surface area (Å²) in [6.07, 6.45) is 0. The summed E-state index contributed by atoms with van der Waals surface area (Å²) in [6, 6.07) is 3.62. The van der Waals surface area contributed by atoms with Gasteiger partial charge in [-0.15, -0.1) is 0 Å². The van der Waals surface area contributed by atoms with E-state index in [1.807, 2.05) is 0 Å². The van der Waals surface area contributed by atoms with Gasteiger partial charge in [-0.05, 0) is 25.1 Å². The monoisotopic (exact) mass is 326 g/mol. The lowest BCUT2D eigenvalue weighted by Crippen LogP contribution is -2.42. The van der Waals surface area contributed by atoms with Gasteiger partial charge in [0.15, 0.2) is 0 Å². The number of halogens is 2. The van der Waals surface area contributed by atoms with E-state index in [1.165, 1.54) is 25.2 Å². The van der Waals surface area contributed by atoms with Gasteiger partial charge in [0.2, 0.25) is 10.0 Å². The van der Waals surface area contributed by atoms with Crippen LogP contribution >= 0.6 is 35.4 Å². The van der Waals surface area contributed by atoms with Gasteiger partial charge in [0.25, 0.3) is 0 Å². The van der Waals surface area contributed by atoms with Crippen molar-refractivity contribution in [1.29, 1.82) is 0 Å². The van der Waals surface area contributed by atoms with Gasteiger partial charge < -0.3 is 5.73 Å². The summed E-state index contributed by atoms with van der Waals surface area (Å²) in [6.45, 7) is 1.60. The molecular formula is C10H12Cl2N2O2S2. The zero-order valence-corrected chi connectivity index (χ0v) is 12.9. The third kappa shape index (κ3) is 3.13. The Balaban J connectivity index is 3.29. The second kappa shape index (κ2) is 5.71. The van der Waals surface area contributed by atoms with Crippen molar-refractivity contribution < 1.29 is 8.42 Å². The molecule has 0 amide bonds. The van der Waals surface area contributed by atoms with Crippen molar-refractivity contribution in [3.05, 3.63) is 28.2 Å². The van der Waals surface area contributed by atoms with E-state index < -0.39 is 16.1 Å². The molecule has 0 saturated heterocycles. The molecule has 0 aliphatic heterocycles. The molecule has 0 heterocycles. The van der Waals surface area contributed by atoms with E-state index in [4.69, 9.17) is 41.2 Å². The maximum Gasteiger partial charge on any atom is 0.244 e. The van der Waals surface area contributed by atoms with Crippen molar-refractivity contribution in [3.8, 4) is 0 Å². The summed E-state index contributed by atoms with van der Waals surface area (Å²) in [7, 11) is -2.40. The maximum atomic E-state index is 12.3. The van der Waals surface area contributed by atoms with E-state index in [1.54, 1.807) is 6.92 Å². The first-order chi connectivity index (χ1) is 8.17. The van der Waals surface area contributed by atoms with Crippen LogP contribution in [0, 0.1) is 0 Å². The molecule has 0 radical (unpaired) electrons. The van der Waals surface area contributed by atoms with Gasteiger partial charge in [0, 0.05) is 12.1 Å². The van der Waals surface area contributed by atoms with Crippen molar-refractivity contribution in [2.75, 3.05) is 7.05 Å². The third-order valence-corrected chi connectivity index (χ3v) is 5.49. The zero-order valence-electron chi connectivity index (χ0n) is 9.72. The lowest BCUT2D eigenvalue weighted by molar-refractivity contribution is 0.451. The van der Waals surface area contributed by atoms with Crippen LogP contribution in [0.2, 0.25) is 10.0 Å². The normalized spacial score (nSPS) is 13.6. The van der Waals surface area contributed by atoms with Gasteiger partial charge >= 0.3 is 0 Å². The first-order valence-electron chi connectivity index (χ1n) is 4.90. The molecule has 18 heavy (non-hydrogen) atoms. The van der Waals surface area contributed by atoms with E-state index in [0.717, 1.165) is 4.31 Å². The molecule has 0 fully saturated rings. The summed E-state index contributed by atoms with van der Waals surface area (Å²) in [5.74, 6) is 0. The zero-order chi connectivity index (χ0) is 14.1. The standard InChI is InChI=1S/C10H12Cl2N2O2S2/c1-6(10(13)17)14(2)18(15,16)9-5-7(11)3-4-8(9)12/h3-6H,1-2H3,(H2,13,17). The average molecular weight is 327 g/mol. The predicted molar refractivity (Wildman–Crippen MR) is 77.7 cm³/mol. The summed E-state index contributed by atoms with van der Waals surface area (Å²) in [5.41, 5.74) is 5.45. The molecule has 4 nitrogen and oxygen atoms in total. The van der Waals surface area contributed by atoms with E-state index >= 15 is 0 Å².